The number of rotatable bonds is 1. The van der Waals surface area contributed by atoms with Gasteiger partial charge in [0.25, 0.3) is 0 Å². The van der Waals surface area contributed by atoms with Gasteiger partial charge in [0.15, 0.2) is 0 Å². The normalized spacial score (nSPS) is 15.8. The third kappa shape index (κ3) is 2.49. The highest BCUT2D eigenvalue weighted by Crippen LogP contribution is 2.29. The summed E-state index contributed by atoms with van der Waals surface area (Å²) in [5.74, 6) is -0.236. The van der Waals surface area contributed by atoms with E-state index in [0.717, 1.165) is 11.1 Å². The highest BCUT2D eigenvalue weighted by Gasteiger charge is 2.21. The van der Waals surface area contributed by atoms with Crippen LogP contribution in [0.2, 0.25) is 0 Å². The maximum absolute atomic E-state index is 11.8. The molecular formula is C19H18O2. The maximum Gasteiger partial charge on any atom is 0.339 e. The first kappa shape index (κ1) is 13.6. The Morgan fingerprint density at radius 3 is 2.29 bits per heavy atom. The second kappa shape index (κ2) is 5.21. The van der Waals surface area contributed by atoms with Crippen LogP contribution in [0.1, 0.15) is 38.2 Å². The molecule has 0 aromatic heterocycles. The van der Waals surface area contributed by atoms with E-state index in [1.165, 1.54) is 22.3 Å². The van der Waals surface area contributed by atoms with Crippen molar-refractivity contribution in [3.05, 3.63) is 69.8 Å². The van der Waals surface area contributed by atoms with Crippen LogP contribution in [0.15, 0.2) is 36.4 Å². The number of carbonyl (C=O) groups is 1. The van der Waals surface area contributed by atoms with Crippen molar-refractivity contribution in [3.63, 3.8) is 0 Å². The number of hydrogen-bond acceptors (Lipinski definition) is 2. The van der Waals surface area contributed by atoms with Crippen LogP contribution < -0.4 is 0 Å². The molecule has 0 fully saturated rings. The Balaban J connectivity index is 2.14. The van der Waals surface area contributed by atoms with Crippen LogP contribution in [0.4, 0.5) is 0 Å². The number of fused-ring (bicyclic) bond motifs is 1. The number of hydrogen-bond donors (Lipinski definition) is 0. The zero-order valence-electron chi connectivity index (χ0n) is 12.6. The fourth-order valence-corrected chi connectivity index (χ4v) is 2.95. The largest absolute Gasteiger partial charge is 0.457 e. The van der Waals surface area contributed by atoms with Crippen LogP contribution >= 0.6 is 0 Å². The lowest BCUT2D eigenvalue weighted by Crippen LogP contribution is -2.16. The molecular weight excluding hydrogens is 260 g/mol. The molecule has 0 N–H and O–H groups in total. The fraction of sp³-hybridized carbons (Fsp3) is 0.211. The van der Waals surface area contributed by atoms with Crippen molar-refractivity contribution in [3.8, 4) is 0 Å². The Kier molecular flexibility index (Phi) is 3.38. The number of esters is 1. The van der Waals surface area contributed by atoms with Gasteiger partial charge in [0.1, 0.15) is 6.61 Å². The van der Waals surface area contributed by atoms with Crippen molar-refractivity contribution in [2.45, 2.75) is 20.8 Å². The van der Waals surface area contributed by atoms with Gasteiger partial charge in [0.2, 0.25) is 0 Å². The number of ether oxygens (including phenoxy) is 1. The third-order valence-corrected chi connectivity index (χ3v) is 3.91. The second-order valence-corrected chi connectivity index (χ2v) is 5.60. The molecule has 1 heterocycles. The third-order valence-electron chi connectivity index (χ3n) is 3.91. The van der Waals surface area contributed by atoms with Gasteiger partial charge in [-0.1, -0.05) is 35.9 Å². The first-order chi connectivity index (χ1) is 10.1. The second-order valence-electron chi connectivity index (χ2n) is 5.60. The number of aryl methyl sites for hydroxylation is 3. The molecule has 3 rings (SSSR count). The predicted octanol–water partition coefficient (Wildman–Crippen LogP) is 4.32. The molecule has 106 valence electrons. The molecule has 0 radical (unpaired) electrons. The van der Waals surface area contributed by atoms with Crippen LogP contribution in [-0.2, 0) is 4.74 Å². The molecule has 21 heavy (non-hydrogen) atoms. The van der Waals surface area contributed by atoms with E-state index in [9.17, 15) is 4.79 Å². The topological polar surface area (TPSA) is 26.3 Å². The average molecular weight is 278 g/mol. The highest BCUT2D eigenvalue weighted by atomic mass is 16.5. The van der Waals surface area contributed by atoms with E-state index in [0.29, 0.717) is 12.2 Å². The first-order valence-electron chi connectivity index (χ1n) is 7.11. The molecule has 2 heteroatoms. The molecule has 0 amide bonds. The van der Waals surface area contributed by atoms with Crippen molar-refractivity contribution in [1.82, 2.24) is 0 Å². The van der Waals surface area contributed by atoms with E-state index in [1.807, 2.05) is 24.3 Å². The summed E-state index contributed by atoms with van der Waals surface area (Å²) in [7, 11) is 0. The molecule has 2 aromatic carbocycles. The number of benzene rings is 2. The molecule has 1 aliphatic rings. The van der Waals surface area contributed by atoms with E-state index in [1.54, 1.807) is 0 Å². The molecule has 0 saturated heterocycles. The Morgan fingerprint density at radius 1 is 1.00 bits per heavy atom. The molecule has 1 aliphatic heterocycles. The minimum absolute atomic E-state index is 0.236. The zero-order valence-corrected chi connectivity index (χ0v) is 12.6. The van der Waals surface area contributed by atoms with Crippen LogP contribution in [-0.4, -0.2) is 12.6 Å². The van der Waals surface area contributed by atoms with Crippen molar-refractivity contribution in [1.29, 1.82) is 0 Å². The lowest BCUT2D eigenvalue weighted by atomic mass is 9.93. The minimum Gasteiger partial charge on any atom is -0.457 e. The van der Waals surface area contributed by atoms with Gasteiger partial charge < -0.3 is 4.74 Å². The summed E-state index contributed by atoms with van der Waals surface area (Å²) in [6.45, 7) is 6.68. The highest BCUT2D eigenvalue weighted by molar-refractivity contribution is 6.01. The van der Waals surface area contributed by atoms with Gasteiger partial charge >= 0.3 is 5.97 Å². The van der Waals surface area contributed by atoms with Crippen molar-refractivity contribution in [2.75, 3.05) is 6.61 Å². The average Bonchev–Trinajstić information content (AvgIpc) is 2.45. The van der Waals surface area contributed by atoms with E-state index in [4.69, 9.17) is 4.74 Å². The molecule has 0 unspecified atom stereocenters. The van der Waals surface area contributed by atoms with E-state index < -0.39 is 0 Å². The summed E-state index contributed by atoms with van der Waals surface area (Å²) in [5, 5.41) is 0. The van der Waals surface area contributed by atoms with Crippen LogP contribution in [0.5, 0.6) is 0 Å². The van der Waals surface area contributed by atoms with Gasteiger partial charge in [0, 0.05) is 0 Å². The summed E-state index contributed by atoms with van der Waals surface area (Å²) in [6, 6.07) is 12.0. The lowest BCUT2D eigenvalue weighted by Gasteiger charge is -2.19. The molecule has 2 aromatic rings. The lowest BCUT2D eigenvalue weighted by molar-refractivity contribution is 0.0544. The zero-order chi connectivity index (χ0) is 15.0. The smallest absolute Gasteiger partial charge is 0.339 e. The van der Waals surface area contributed by atoms with Crippen molar-refractivity contribution < 1.29 is 9.53 Å². The summed E-state index contributed by atoms with van der Waals surface area (Å²) < 4.78 is 5.29. The van der Waals surface area contributed by atoms with Crippen LogP contribution in [0, 0.1) is 20.8 Å². The predicted molar refractivity (Wildman–Crippen MR) is 85.2 cm³/mol. The van der Waals surface area contributed by atoms with Gasteiger partial charge in [-0.3, -0.25) is 0 Å². The van der Waals surface area contributed by atoms with Gasteiger partial charge in [-0.15, -0.1) is 0 Å². The van der Waals surface area contributed by atoms with Gasteiger partial charge in [-0.25, -0.2) is 4.79 Å². The Bertz CT molecular complexity index is 731. The van der Waals surface area contributed by atoms with E-state index in [-0.39, 0.29) is 5.97 Å². The summed E-state index contributed by atoms with van der Waals surface area (Å²) in [6.07, 6.45) is 2.15. The van der Waals surface area contributed by atoms with Gasteiger partial charge in [-0.2, -0.15) is 0 Å². The molecule has 0 spiro atoms. The number of carbonyl (C=O) groups excluding carboxylic acids is 1. The summed E-state index contributed by atoms with van der Waals surface area (Å²) in [4.78, 5) is 11.8. The van der Waals surface area contributed by atoms with E-state index >= 15 is 0 Å². The molecule has 0 aliphatic carbocycles. The Morgan fingerprint density at radius 2 is 1.62 bits per heavy atom. The quantitative estimate of drug-likeness (QED) is 0.726. The molecule has 0 atom stereocenters. The van der Waals surface area contributed by atoms with Crippen LogP contribution in [0.3, 0.4) is 0 Å². The van der Waals surface area contributed by atoms with E-state index in [2.05, 4.69) is 39.0 Å². The monoisotopic (exact) mass is 278 g/mol. The fourth-order valence-electron chi connectivity index (χ4n) is 2.95. The molecule has 0 bridgehead atoms. The van der Waals surface area contributed by atoms with Gasteiger partial charge in [0.05, 0.1) is 5.56 Å². The SMILES string of the molecule is Cc1cc(C)c(C=C2COC(=O)c3ccccc32)c(C)c1. The standard InChI is InChI=1S/C19H18O2/c1-12-8-13(2)18(14(3)9-12)10-15-11-21-19(20)17-7-5-4-6-16(15)17/h4-10H,11H2,1-3H3. The Hall–Kier alpha value is -2.35. The number of cyclic esters (lactones) is 1. The van der Waals surface area contributed by atoms with Crippen molar-refractivity contribution in [2.24, 2.45) is 0 Å². The summed E-state index contributed by atoms with van der Waals surface area (Å²) in [5.41, 5.74) is 7.65. The molecule has 0 saturated carbocycles. The van der Waals surface area contributed by atoms with Crippen LogP contribution in [0.25, 0.3) is 11.6 Å². The maximum atomic E-state index is 11.8. The Labute approximate surface area is 125 Å². The van der Waals surface area contributed by atoms with Crippen molar-refractivity contribution >= 4 is 17.6 Å². The summed E-state index contributed by atoms with van der Waals surface area (Å²) >= 11 is 0. The van der Waals surface area contributed by atoms with Gasteiger partial charge in [-0.05, 0) is 60.7 Å². The minimum atomic E-state index is -0.236. The molecule has 2 nitrogen and oxygen atoms in total. The first-order valence-corrected chi connectivity index (χ1v) is 7.11.